The van der Waals surface area contributed by atoms with Gasteiger partial charge in [-0.15, -0.1) is 0 Å². The molecule has 0 radical (unpaired) electrons. The molecule has 0 aliphatic carbocycles. The van der Waals surface area contributed by atoms with Crippen molar-refractivity contribution < 1.29 is 18.5 Å². The van der Waals surface area contributed by atoms with Gasteiger partial charge in [0.1, 0.15) is 11.6 Å². The SMILES string of the molecule is C/C(=N/Oc1cccc(O/N=C(\C)c2ccc(F)cc2)n1)c1ccc(F)cc1. The summed E-state index contributed by atoms with van der Waals surface area (Å²) < 4.78 is 26.0. The van der Waals surface area contributed by atoms with Crippen molar-refractivity contribution in [2.45, 2.75) is 13.8 Å². The largest absolute Gasteiger partial charge is 0.336 e. The number of benzene rings is 2. The van der Waals surface area contributed by atoms with Gasteiger partial charge < -0.3 is 9.68 Å². The summed E-state index contributed by atoms with van der Waals surface area (Å²) in [6.07, 6.45) is 0. The Kier molecular flexibility index (Phi) is 6.06. The average molecular weight is 381 g/mol. The topological polar surface area (TPSA) is 56.1 Å². The first kappa shape index (κ1) is 19.2. The lowest BCUT2D eigenvalue weighted by atomic mass is 10.1. The Morgan fingerprint density at radius 1 is 0.679 bits per heavy atom. The molecule has 0 N–H and O–H groups in total. The van der Waals surface area contributed by atoms with Crippen LogP contribution in [-0.4, -0.2) is 16.4 Å². The molecule has 142 valence electrons. The minimum Gasteiger partial charge on any atom is -0.336 e. The van der Waals surface area contributed by atoms with Crippen molar-refractivity contribution in [3.05, 3.63) is 89.5 Å². The summed E-state index contributed by atoms with van der Waals surface area (Å²) in [6.45, 7) is 3.48. The highest BCUT2D eigenvalue weighted by Crippen LogP contribution is 2.15. The zero-order valence-electron chi connectivity index (χ0n) is 15.3. The summed E-state index contributed by atoms with van der Waals surface area (Å²) in [6, 6.07) is 16.7. The van der Waals surface area contributed by atoms with Crippen molar-refractivity contribution in [3.8, 4) is 11.8 Å². The van der Waals surface area contributed by atoms with Gasteiger partial charge in [0.05, 0.1) is 11.4 Å². The van der Waals surface area contributed by atoms with Crippen LogP contribution in [0.25, 0.3) is 0 Å². The molecule has 0 aliphatic heterocycles. The van der Waals surface area contributed by atoms with Crippen molar-refractivity contribution in [2.24, 2.45) is 10.3 Å². The number of hydrogen-bond donors (Lipinski definition) is 0. The van der Waals surface area contributed by atoms with Gasteiger partial charge in [0.15, 0.2) is 0 Å². The molecule has 0 saturated heterocycles. The normalized spacial score (nSPS) is 12.0. The van der Waals surface area contributed by atoms with Crippen molar-refractivity contribution >= 4 is 11.4 Å². The molecular weight excluding hydrogens is 364 g/mol. The van der Waals surface area contributed by atoms with Crippen molar-refractivity contribution in [1.82, 2.24) is 4.98 Å². The molecule has 0 spiro atoms. The third-order valence-electron chi connectivity index (χ3n) is 3.77. The third kappa shape index (κ3) is 5.20. The van der Waals surface area contributed by atoms with Crippen LogP contribution >= 0.6 is 0 Å². The fourth-order valence-electron chi connectivity index (χ4n) is 2.22. The standard InChI is InChI=1S/C21H17F2N3O2/c1-14(16-6-10-18(22)11-7-16)25-27-20-4-3-5-21(24-20)28-26-15(2)17-8-12-19(23)13-9-17/h3-13H,1-2H3/b25-14-,26-15+. The highest BCUT2D eigenvalue weighted by molar-refractivity contribution is 5.98. The van der Waals surface area contributed by atoms with E-state index in [9.17, 15) is 8.78 Å². The maximum Gasteiger partial charge on any atom is 0.252 e. The van der Waals surface area contributed by atoms with Gasteiger partial charge in [-0.2, -0.15) is 4.98 Å². The second kappa shape index (κ2) is 8.85. The van der Waals surface area contributed by atoms with Crippen LogP contribution in [-0.2, 0) is 0 Å². The van der Waals surface area contributed by atoms with E-state index < -0.39 is 0 Å². The van der Waals surface area contributed by atoms with E-state index in [1.165, 1.54) is 24.3 Å². The molecule has 1 heterocycles. The van der Waals surface area contributed by atoms with E-state index in [4.69, 9.17) is 9.68 Å². The minimum atomic E-state index is -0.319. The van der Waals surface area contributed by atoms with Crippen LogP contribution in [0, 0.1) is 11.6 Å². The first-order valence-electron chi connectivity index (χ1n) is 8.43. The first-order valence-corrected chi connectivity index (χ1v) is 8.43. The van der Waals surface area contributed by atoms with Gasteiger partial charge in [0.25, 0.3) is 11.8 Å². The summed E-state index contributed by atoms with van der Waals surface area (Å²) in [5, 5.41) is 7.98. The Bertz CT molecular complexity index is 922. The molecule has 0 amide bonds. The van der Waals surface area contributed by atoms with E-state index in [1.807, 2.05) is 0 Å². The van der Waals surface area contributed by atoms with Crippen LogP contribution in [0.5, 0.6) is 11.8 Å². The van der Waals surface area contributed by atoms with E-state index in [1.54, 1.807) is 56.3 Å². The molecule has 3 aromatic rings. The summed E-state index contributed by atoms with van der Waals surface area (Å²) >= 11 is 0. The minimum absolute atomic E-state index is 0.216. The van der Waals surface area contributed by atoms with Crippen molar-refractivity contribution in [1.29, 1.82) is 0 Å². The van der Waals surface area contributed by atoms with Crippen LogP contribution in [0.1, 0.15) is 25.0 Å². The molecular formula is C21H17F2N3O2. The van der Waals surface area contributed by atoms with Crippen LogP contribution in [0.4, 0.5) is 8.78 Å². The lowest BCUT2D eigenvalue weighted by molar-refractivity contribution is 0.299. The van der Waals surface area contributed by atoms with Gasteiger partial charge in [-0.3, -0.25) is 0 Å². The van der Waals surface area contributed by atoms with E-state index >= 15 is 0 Å². The van der Waals surface area contributed by atoms with Crippen LogP contribution in [0.2, 0.25) is 0 Å². The second-order valence-corrected chi connectivity index (χ2v) is 5.86. The number of oxime groups is 2. The van der Waals surface area contributed by atoms with E-state index in [0.717, 1.165) is 11.1 Å². The van der Waals surface area contributed by atoms with Gasteiger partial charge in [-0.1, -0.05) is 40.6 Å². The highest BCUT2D eigenvalue weighted by Gasteiger charge is 2.04. The monoisotopic (exact) mass is 381 g/mol. The average Bonchev–Trinajstić information content (AvgIpc) is 2.71. The van der Waals surface area contributed by atoms with Gasteiger partial charge in [0, 0.05) is 12.1 Å². The van der Waals surface area contributed by atoms with E-state index in [-0.39, 0.29) is 23.4 Å². The Labute approximate surface area is 160 Å². The molecule has 0 bridgehead atoms. The zero-order chi connectivity index (χ0) is 19.9. The number of halogens is 2. The van der Waals surface area contributed by atoms with Crippen molar-refractivity contribution in [2.75, 3.05) is 0 Å². The summed E-state index contributed by atoms with van der Waals surface area (Å²) in [5.41, 5.74) is 2.60. The molecule has 0 atom stereocenters. The summed E-state index contributed by atoms with van der Waals surface area (Å²) in [4.78, 5) is 14.8. The van der Waals surface area contributed by atoms with Crippen LogP contribution < -0.4 is 9.68 Å². The molecule has 28 heavy (non-hydrogen) atoms. The number of rotatable bonds is 6. The molecule has 0 fully saturated rings. The predicted octanol–water partition coefficient (Wildman–Crippen LogP) is 4.97. The summed E-state index contributed by atoms with van der Waals surface area (Å²) in [5.74, 6) is -0.205. The van der Waals surface area contributed by atoms with E-state index in [0.29, 0.717) is 11.4 Å². The van der Waals surface area contributed by atoms with Gasteiger partial charge in [-0.25, -0.2) is 8.78 Å². The highest BCUT2D eigenvalue weighted by atomic mass is 19.1. The van der Waals surface area contributed by atoms with Gasteiger partial charge in [0.2, 0.25) is 0 Å². The maximum atomic E-state index is 13.0. The van der Waals surface area contributed by atoms with Gasteiger partial charge in [-0.05, 0) is 49.2 Å². The first-order chi connectivity index (χ1) is 13.5. The smallest absolute Gasteiger partial charge is 0.252 e. The Hall–Kier alpha value is -3.61. The van der Waals surface area contributed by atoms with E-state index in [2.05, 4.69) is 15.3 Å². The number of pyridine rings is 1. The Balaban J connectivity index is 1.66. The lowest BCUT2D eigenvalue weighted by Crippen LogP contribution is -2.00. The molecule has 2 aromatic carbocycles. The fourth-order valence-corrected chi connectivity index (χ4v) is 2.22. The quantitative estimate of drug-likeness (QED) is 0.448. The third-order valence-corrected chi connectivity index (χ3v) is 3.77. The predicted molar refractivity (Wildman–Crippen MR) is 103 cm³/mol. The lowest BCUT2D eigenvalue weighted by Gasteiger charge is -2.04. The molecule has 5 nitrogen and oxygen atoms in total. The zero-order valence-corrected chi connectivity index (χ0v) is 15.3. The number of hydrogen-bond acceptors (Lipinski definition) is 5. The number of aromatic nitrogens is 1. The summed E-state index contributed by atoms with van der Waals surface area (Å²) in [7, 11) is 0. The maximum absolute atomic E-state index is 13.0. The fraction of sp³-hybridized carbons (Fsp3) is 0.0952. The second-order valence-electron chi connectivity index (χ2n) is 5.86. The van der Waals surface area contributed by atoms with Gasteiger partial charge >= 0.3 is 0 Å². The van der Waals surface area contributed by atoms with Crippen LogP contribution in [0.15, 0.2) is 77.0 Å². The molecule has 3 rings (SSSR count). The molecule has 0 unspecified atom stereocenters. The molecule has 0 saturated carbocycles. The van der Waals surface area contributed by atoms with Crippen molar-refractivity contribution in [3.63, 3.8) is 0 Å². The molecule has 7 heteroatoms. The Morgan fingerprint density at radius 2 is 1.07 bits per heavy atom. The molecule has 1 aromatic heterocycles. The Morgan fingerprint density at radius 3 is 1.46 bits per heavy atom. The number of nitrogens with zero attached hydrogens (tertiary/aromatic N) is 3. The van der Waals surface area contributed by atoms with Crippen LogP contribution in [0.3, 0.4) is 0 Å². The molecule has 0 aliphatic rings.